The highest BCUT2D eigenvalue weighted by Gasteiger charge is 2.11. The lowest BCUT2D eigenvalue weighted by Gasteiger charge is -2.09. The van der Waals surface area contributed by atoms with Gasteiger partial charge in [-0.1, -0.05) is 66.2 Å². The second-order valence-electron chi connectivity index (χ2n) is 5.29. The Morgan fingerprint density at radius 2 is 1.44 bits per heavy atom. The summed E-state index contributed by atoms with van der Waals surface area (Å²) in [5, 5.41) is 14.7. The van der Waals surface area contributed by atoms with E-state index in [0.717, 1.165) is 11.1 Å². The smallest absolute Gasteiger partial charge is 0.275 e. The van der Waals surface area contributed by atoms with Gasteiger partial charge in [0, 0.05) is 16.1 Å². The van der Waals surface area contributed by atoms with E-state index < -0.39 is 5.91 Å². The van der Waals surface area contributed by atoms with Gasteiger partial charge in [0.25, 0.3) is 5.91 Å². The first-order chi connectivity index (χ1) is 12.1. The van der Waals surface area contributed by atoms with Gasteiger partial charge in [-0.3, -0.25) is 4.79 Å². The molecular weight excluding hydrogens is 336 g/mol. The number of phenols is 1. The molecule has 0 aliphatic carbocycles. The number of phenolic OH excluding ortho intramolecular Hbond substituents is 1. The molecule has 0 spiro atoms. The number of carbonyl (C=O) groups excluding carboxylic acids is 1. The van der Waals surface area contributed by atoms with Gasteiger partial charge >= 0.3 is 0 Å². The number of hydrogen-bond donors (Lipinski definition) is 2. The van der Waals surface area contributed by atoms with Gasteiger partial charge in [-0.15, -0.1) is 0 Å². The topological polar surface area (TPSA) is 61.7 Å². The molecule has 0 saturated heterocycles. The summed E-state index contributed by atoms with van der Waals surface area (Å²) in [6.45, 7) is 0. The molecule has 0 aromatic heterocycles. The summed E-state index contributed by atoms with van der Waals surface area (Å²) in [5.74, 6) is -0.580. The van der Waals surface area contributed by atoms with Gasteiger partial charge in [0.05, 0.1) is 11.3 Å². The summed E-state index contributed by atoms with van der Waals surface area (Å²) >= 11 is 5.95. The number of halogens is 1. The van der Waals surface area contributed by atoms with Crippen LogP contribution in [0.1, 0.15) is 21.5 Å². The standard InChI is InChI=1S/C20H15ClN2O2/c21-16-12-10-15(11-13-16)19(14-6-2-1-3-7-14)22-23-20(25)17-8-4-5-9-18(17)24/h1-13,24H,(H,23,25). The average Bonchev–Trinajstić information content (AvgIpc) is 2.64. The summed E-state index contributed by atoms with van der Waals surface area (Å²) in [6.07, 6.45) is 0. The fourth-order valence-electron chi connectivity index (χ4n) is 2.33. The van der Waals surface area contributed by atoms with Crippen LogP contribution in [-0.2, 0) is 0 Å². The molecule has 0 bridgehead atoms. The van der Waals surface area contributed by atoms with Gasteiger partial charge in [0.1, 0.15) is 5.75 Å². The Balaban J connectivity index is 1.94. The van der Waals surface area contributed by atoms with E-state index in [-0.39, 0.29) is 11.3 Å². The highest BCUT2D eigenvalue weighted by molar-refractivity contribution is 6.30. The third-order valence-corrected chi connectivity index (χ3v) is 3.83. The van der Waals surface area contributed by atoms with Crippen LogP contribution in [0.3, 0.4) is 0 Å². The maximum atomic E-state index is 12.3. The fourth-order valence-corrected chi connectivity index (χ4v) is 2.46. The molecule has 2 N–H and O–H groups in total. The number of para-hydroxylation sites is 1. The number of hydrazone groups is 1. The molecule has 3 aromatic carbocycles. The Hall–Kier alpha value is -3.11. The van der Waals surface area contributed by atoms with E-state index in [1.165, 1.54) is 12.1 Å². The Bertz CT molecular complexity index is 906. The molecule has 0 aliphatic rings. The number of nitrogens with one attached hydrogen (secondary N) is 1. The van der Waals surface area contributed by atoms with Crippen LogP contribution in [0.15, 0.2) is 84.0 Å². The number of nitrogens with zero attached hydrogens (tertiary/aromatic N) is 1. The molecular formula is C20H15ClN2O2. The number of hydrogen-bond acceptors (Lipinski definition) is 3. The number of benzene rings is 3. The number of rotatable bonds is 4. The minimum Gasteiger partial charge on any atom is -0.507 e. The van der Waals surface area contributed by atoms with Crippen molar-refractivity contribution in [1.82, 2.24) is 5.43 Å². The molecule has 124 valence electrons. The lowest BCUT2D eigenvalue weighted by Crippen LogP contribution is -2.20. The summed E-state index contributed by atoms with van der Waals surface area (Å²) in [7, 11) is 0. The first-order valence-corrected chi connectivity index (χ1v) is 8.00. The molecule has 0 heterocycles. The maximum Gasteiger partial charge on any atom is 0.275 e. The molecule has 25 heavy (non-hydrogen) atoms. The van der Waals surface area contributed by atoms with E-state index in [9.17, 15) is 9.90 Å². The van der Waals surface area contributed by atoms with E-state index >= 15 is 0 Å². The molecule has 3 rings (SSSR count). The average molecular weight is 351 g/mol. The fraction of sp³-hybridized carbons (Fsp3) is 0. The van der Waals surface area contributed by atoms with Crippen LogP contribution in [0.5, 0.6) is 5.75 Å². The molecule has 1 amide bonds. The maximum absolute atomic E-state index is 12.3. The molecule has 0 atom stereocenters. The summed E-state index contributed by atoms with van der Waals surface area (Å²) in [6, 6.07) is 23.0. The van der Waals surface area contributed by atoms with E-state index in [0.29, 0.717) is 10.7 Å². The van der Waals surface area contributed by atoms with Crippen molar-refractivity contribution in [3.8, 4) is 5.75 Å². The van der Waals surface area contributed by atoms with E-state index in [1.807, 2.05) is 42.5 Å². The summed E-state index contributed by atoms with van der Waals surface area (Å²) in [5.41, 5.74) is 4.93. The van der Waals surface area contributed by atoms with Crippen molar-refractivity contribution in [2.75, 3.05) is 0 Å². The third kappa shape index (κ3) is 4.05. The van der Waals surface area contributed by atoms with Crippen LogP contribution < -0.4 is 5.43 Å². The van der Waals surface area contributed by atoms with Crippen molar-refractivity contribution < 1.29 is 9.90 Å². The van der Waals surface area contributed by atoms with Gasteiger partial charge in [0.15, 0.2) is 0 Å². The number of carbonyl (C=O) groups is 1. The molecule has 3 aromatic rings. The first-order valence-electron chi connectivity index (χ1n) is 7.62. The van der Waals surface area contributed by atoms with Crippen LogP contribution in [0.2, 0.25) is 5.02 Å². The predicted molar refractivity (Wildman–Crippen MR) is 99.1 cm³/mol. The zero-order chi connectivity index (χ0) is 17.6. The minimum absolute atomic E-state index is 0.0945. The number of aromatic hydroxyl groups is 1. The van der Waals surface area contributed by atoms with E-state index in [4.69, 9.17) is 11.6 Å². The van der Waals surface area contributed by atoms with Crippen LogP contribution in [0, 0.1) is 0 Å². The van der Waals surface area contributed by atoms with Crippen LogP contribution in [0.4, 0.5) is 0 Å². The van der Waals surface area contributed by atoms with Crippen molar-refractivity contribution in [2.24, 2.45) is 5.10 Å². The first kappa shape index (κ1) is 16.7. The lowest BCUT2D eigenvalue weighted by atomic mass is 10.0. The Kier molecular flexibility index (Phi) is 5.11. The zero-order valence-electron chi connectivity index (χ0n) is 13.2. The molecule has 4 nitrogen and oxygen atoms in total. The van der Waals surface area contributed by atoms with E-state index in [2.05, 4.69) is 10.5 Å². The van der Waals surface area contributed by atoms with Gasteiger partial charge in [-0.05, 0) is 24.3 Å². The van der Waals surface area contributed by atoms with Crippen molar-refractivity contribution in [2.45, 2.75) is 0 Å². The quantitative estimate of drug-likeness (QED) is 0.546. The highest BCUT2D eigenvalue weighted by Crippen LogP contribution is 2.17. The van der Waals surface area contributed by atoms with Crippen LogP contribution in [0.25, 0.3) is 0 Å². The van der Waals surface area contributed by atoms with Crippen molar-refractivity contribution in [3.05, 3.63) is 101 Å². The Labute approximate surface area is 150 Å². The third-order valence-electron chi connectivity index (χ3n) is 3.58. The van der Waals surface area contributed by atoms with Gasteiger partial charge in [0.2, 0.25) is 0 Å². The lowest BCUT2D eigenvalue weighted by molar-refractivity contribution is 0.0952. The van der Waals surface area contributed by atoms with Crippen molar-refractivity contribution in [1.29, 1.82) is 0 Å². The summed E-state index contributed by atoms with van der Waals surface area (Å²) < 4.78 is 0. The van der Waals surface area contributed by atoms with E-state index in [1.54, 1.807) is 24.3 Å². The van der Waals surface area contributed by atoms with Crippen LogP contribution >= 0.6 is 11.6 Å². The van der Waals surface area contributed by atoms with Crippen molar-refractivity contribution >= 4 is 23.2 Å². The minimum atomic E-state index is -0.486. The van der Waals surface area contributed by atoms with Gasteiger partial charge in [-0.25, -0.2) is 5.43 Å². The monoisotopic (exact) mass is 350 g/mol. The Morgan fingerprint density at radius 1 is 0.840 bits per heavy atom. The second-order valence-corrected chi connectivity index (χ2v) is 5.73. The second kappa shape index (κ2) is 7.64. The largest absolute Gasteiger partial charge is 0.507 e. The zero-order valence-corrected chi connectivity index (χ0v) is 13.9. The normalized spacial score (nSPS) is 11.2. The molecule has 0 fully saturated rings. The SMILES string of the molecule is O=C(NN=C(c1ccccc1)c1ccc(Cl)cc1)c1ccccc1O. The van der Waals surface area contributed by atoms with Gasteiger partial charge in [-0.2, -0.15) is 5.10 Å². The molecule has 5 heteroatoms. The molecule has 0 unspecified atom stereocenters. The summed E-state index contributed by atoms with van der Waals surface area (Å²) in [4.78, 5) is 12.3. The molecule has 0 radical (unpaired) electrons. The predicted octanol–water partition coefficient (Wildman–Crippen LogP) is 4.23. The molecule has 0 saturated carbocycles. The van der Waals surface area contributed by atoms with Crippen molar-refractivity contribution in [3.63, 3.8) is 0 Å². The van der Waals surface area contributed by atoms with Crippen LogP contribution in [-0.4, -0.2) is 16.7 Å². The Morgan fingerprint density at radius 3 is 2.12 bits per heavy atom. The number of amides is 1. The van der Waals surface area contributed by atoms with Gasteiger partial charge < -0.3 is 5.11 Å². The molecule has 0 aliphatic heterocycles. The highest BCUT2D eigenvalue weighted by atomic mass is 35.5.